The van der Waals surface area contributed by atoms with Crippen molar-refractivity contribution in [2.75, 3.05) is 10.6 Å². The molecule has 4 nitrogen and oxygen atoms in total. The summed E-state index contributed by atoms with van der Waals surface area (Å²) in [6.45, 7) is 5.23. The number of hydrogen-bond donors (Lipinski definition) is 1. The third-order valence-corrected chi connectivity index (χ3v) is 4.07. The number of nitrogen functional groups attached to an aromatic ring is 1. The number of aromatic nitrogens is 2. The quantitative estimate of drug-likeness (QED) is 0.591. The van der Waals surface area contributed by atoms with E-state index in [1.54, 1.807) is 19.1 Å². The summed E-state index contributed by atoms with van der Waals surface area (Å²) in [6.07, 6.45) is -3.65. The molecule has 146 valence electrons. The summed E-state index contributed by atoms with van der Waals surface area (Å²) in [7, 11) is 0. The Labute approximate surface area is 159 Å². The van der Waals surface area contributed by atoms with Crippen LogP contribution in [0.5, 0.6) is 0 Å². The second-order valence-electron chi connectivity index (χ2n) is 6.64. The number of aryl methyl sites for hydroxylation is 3. The molecule has 1 heterocycles. The topological polar surface area (TPSA) is 55.0 Å². The maximum atomic E-state index is 14.6. The van der Waals surface area contributed by atoms with Crippen LogP contribution in [-0.2, 0) is 6.18 Å². The van der Waals surface area contributed by atoms with Crippen LogP contribution in [0.2, 0.25) is 0 Å². The van der Waals surface area contributed by atoms with Gasteiger partial charge in [0.15, 0.2) is 11.6 Å². The van der Waals surface area contributed by atoms with Crippen molar-refractivity contribution in [1.29, 1.82) is 0 Å². The molecular weight excluding hydrogens is 372 g/mol. The fourth-order valence-corrected chi connectivity index (χ4v) is 3.06. The molecule has 0 aliphatic heterocycles. The molecule has 0 spiro atoms. The number of nitrogens with two attached hydrogens (primary N) is 1. The lowest BCUT2D eigenvalue weighted by molar-refractivity contribution is -0.137. The SMILES string of the molecule is Cc1cc(C)cc(N(c2cc(C)cc(C(F)(F)F)c2)c2nc(N)ncc2F)c1. The Morgan fingerprint density at radius 2 is 1.39 bits per heavy atom. The van der Waals surface area contributed by atoms with Crippen molar-refractivity contribution in [2.24, 2.45) is 0 Å². The fraction of sp³-hybridized carbons (Fsp3) is 0.200. The first kappa shape index (κ1) is 19.6. The minimum absolute atomic E-state index is 0.120. The number of halogens is 4. The second kappa shape index (κ2) is 7.10. The van der Waals surface area contributed by atoms with Crippen molar-refractivity contribution in [1.82, 2.24) is 9.97 Å². The fourth-order valence-electron chi connectivity index (χ4n) is 3.06. The van der Waals surface area contributed by atoms with Crippen LogP contribution >= 0.6 is 0 Å². The van der Waals surface area contributed by atoms with Crippen molar-refractivity contribution in [2.45, 2.75) is 26.9 Å². The summed E-state index contributed by atoms with van der Waals surface area (Å²) in [5, 5.41) is 0. The average molecular weight is 390 g/mol. The number of anilines is 4. The summed E-state index contributed by atoms with van der Waals surface area (Å²) in [5.41, 5.74) is 7.48. The predicted octanol–water partition coefficient (Wildman–Crippen LogP) is 5.61. The van der Waals surface area contributed by atoms with Gasteiger partial charge in [0.2, 0.25) is 5.95 Å². The van der Waals surface area contributed by atoms with E-state index in [9.17, 15) is 17.6 Å². The van der Waals surface area contributed by atoms with Crippen LogP contribution in [0.4, 0.5) is 40.7 Å². The summed E-state index contributed by atoms with van der Waals surface area (Å²) in [6, 6.07) is 8.91. The minimum Gasteiger partial charge on any atom is -0.368 e. The number of nitrogens with zero attached hydrogens (tertiary/aromatic N) is 3. The molecule has 0 aliphatic carbocycles. The molecule has 0 fully saturated rings. The molecule has 0 saturated carbocycles. The Morgan fingerprint density at radius 3 is 1.96 bits per heavy atom. The van der Waals surface area contributed by atoms with Crippen molar-refractivity contribution in [3.05, 3.63) is 70.7 Å². The van der Waals surface area contributed by atoms with E-state index in [0.717, 1.165) is 29.5 Å². The van der Waals surface area contributed by atoms with Gasteiger partial charge in [0.25, 0.3) is 0 Å². The molecule has 28 heavy (non-hydrogen) atoms. The van der Waals surface area contributed by atoms with Crippen LogP contribution in [0.15, 0.2) is 42.6 Å². The van der Waals surface area contributed by atoms with Gasteiger partial charge in [-0.15, -0.1) is 0 Å². The molecule has 0 amide bonds. The Hall–Kier alpha value is -3.16. The van der Waals surface area contributed by atoms with Crippen LogP contribution in [-0.4, -0.2) is 9.97 Å². The average Bonchev–Trinajstić information content (AvgIpc) is 2.56. The van der Waals surface area contributed by atoms with E-state index in [1.165, 1.54) is 11.0 Å². The number of alkyl halides is 3. The lowest BCUT2D eigenvalue weighted by Crippen LogP contribution is -2.17. The molecule has 0 radical (unpaired) electrons. The van der Waals surface area contributed by atoms with Crippen molar-refractivity contribution < 1.29 is 17.6 Å². The monoisotopic (exact) mass is 390 g/mol. The van der Waals surface area contributed by atoms with Crippen molar-refractivity contribution >= 4 is 23.1 Å². The van der Waals surface area contributed by atoms with Crippen molar-refractivity contribution in [3.8, 4) is 0 Å². The van der Waals surface area contributed by atoms with Crippen LogP contribution in [0.1, 0.15) is 22.3 Å². The molecule has 0 atom stereocenters. The van der Waals surface area contributed by atoms with Crippen molar-refractivity contribution in [3.63, 3.8) is 0 Å². The molecule has 1 aromatic heterocycles. The maximum Gasteiger partial charge on any atom is 0.416 e. The molecule has 3 aromatic rings. The third-order valence-electron chi connectivity index (χ3n) is 4.07. The van der Waals surface area contributed by atoms with Gasteiger partial charge in [0.1, 0.15) is 0 Å². The molecule has 0 unspecified atom stereocenters. The number of rotatable bonds is 3. The molecule has 0 saturated heterocycles. The molecule has 3 rings (SSSR count). The normalized spacial score (nSPS) is 11.5. The standard InChI is InChI=1S/C20H18F4N4/c1-11-4-12(2)7-15(6-11)28(18-17(21)10-26-19(25)27-18)16-8-13(3)5-14(9-16)20(22,23)24/h4-10H,1-3H3,(H2,25,26,27). The van der Waals surface area contributed by atoms with Gasteiger partial charge in [-0.05, 0) is 67.8 Å². The van der Waals surface area contributed by atoms with Crippen LogP contribution in [0.25, 0.3) is 0 Å². The largest absolute Gasteiger partial charge is 0.416 e. The van der Waals surface area contributed by atoms with E-state index >= 15 is 0 Å². The number of benzene rings is 2. The van der Waals surface area contributed by atoms with Gasteiger partial charge >= 0.3 is 6.18 Å². The predicted molar refractivity (Wildman–Crippen MR) is 100 cm³/mol. The van der Waals surface area contributed by atoms with Gasteiger partial charge in [-0.2, -0.15) is 18.2 Å². The number of hydrogen-bond acceptors (Lipinski definition) is 4. The summed E-state index contributed by atoms with van der Waals surface area (Å²) in [4.78, 5) is 8.86. The highest BCUT2D eigenvalue weighted by Crippen LogP contribution is 2.39. The van der Waals surface area contributed by atoms with E-state index in [2.05, 4.69) is 9.97 Å². The summed E-state index contributed by atoms with van der Waals surface area (Å²) >= 11 is 0. The summed E-state index contributed by atoms with van der Waals surface area (Å²) in [5.74, 6) is -1.21. The molecule has 2 N–H and O–H groups in total. The first-order chi connectivity index (χ1) is 13.0. The van der Waals surface area contributed by atoms with E-state index < -0.39 is 17.6 Å². The Morgan fingerprint density at radius 1 is 0.857 bits per heavy atom. The zero-order chi connectivity index (χ0) is 20.6. The highest BCUT2D eigenvalue weighted by molar-refractivity contribution is 5.76. The minimum atomic E-state index is -4.54. The van der Waals surface area contributed by atoms with Gasteiger partial charge in [-0.3, -0.25) is 4.90 Å². The van der Waals surface area contributed by atoms with E-state index in [4.69, 9.17) is 5.73 Å². The maximum absolute atomic E-state index is 14.6. The van der Waals surface area contributed by atoms with Crippen LogP contribution in [0.3, 0.4) is 0 Å². The van der Waals surface area contributed by atoms with Gasteiger partial charge < -0.3 is 5.73 Å². The van der Waals surface area contributed by atoms with E-state index in [1.807, 2.05) is 19.9 Å². The lowest BCUT2D eigenvalue weighted by Gasteiger charge is -2.26. The first-order valence-corrected chi connectivity index (χ1v) is 8.40. The van der Waals surface area contributed by atoms with E-state index in [0.29, 0.717) is 11.3 Å². The molecule has 0 aliphatic rings. The van der Waals surface area contributed by atoms with Gasteiger partial charge in [-0.25, -0.2) is 9.37 Å². The molecular formula is C20H18F4N4. The van der Waals surface area contributed by atoms with Gasteiger partial charge in [0, 0.05) is 11.4 Å². The highest BCUT2D eigenvalue weighted by atomic mass is 19.4. The molecule has 8 heteroatoms. The highest BCUT2D eigenvalue weighted by Gasteiger charge is 2.32. The molecule has 0 bridgehead atoms. The smallest absolute Gasteiger partial charge is 0.368 e. The first-order valence-electron chi connectivity index (χ1n) is 8.40. The third kappa shape index (κ3) is 4.05. The zero-order valence-corrected chi connectivity index (χ0v) is 15.5. The van der Waals surface area contributed by atoms with Crippen LogP contribution < -0.4 is 10.6 Å². The Bertz CT molecular complexity index is 1010. The second-order valence-corrected chi connectivity index (χ2v) is 6.64. The van der Waals surface area contributed by atoms with Crippen LogP contribution in [0, 0.1) is 26.6 Å². The summed E-state index contributed by atoms with van der Waals surface area (Å²) < 4.78 is 54.6. The zero-order valence-electron chi connectivity index (χ0n) is 15.5. The van der Waals surface area contributed by atoms with E-state index in [-0.39, 0.29) is 17.5 Å². The van der Waals surface area contributed by atoms with Gasteiger partial charge in [0.05, 0.1) is 11.8 Å². The van der Waals surface area contributed by atoms with Gasteiger partial charge in [-0.1, -0.05) is 6.07 Å². The Kier molecular flexibility index (Phi) is 4.97. The molecule has 2 aromatic carbocycles. The lowest BCUT2D eigenvalue weighted by atomic mass is 10.1. The Balaban J connectivity index is 2.31.